The van der Waals surface area contributed by atoms with E-state index in [1.165, 1.54) is 23.7 Å². The van der Waals surface area contributed by atoms with Crippen molar-refractivity contribution in [2.45, 2.75) is 6.42 Å². The Morgan fingerprint density at radius 3 is 2.72 bits per heavy atom. The quantitative estimate of drug-likeness (QED) is 0.786. The van der Waals surface area contributed by atoms with E-state index < -0.39 is 23.4 Å². The average molecular weight is 368 g/mol. The van der Waals surface area contributed by atoms with Crippen LogP contribution in [-0.4, -0.2) is 52.5 Å². The van der Waals surface area contributed by atoms with Gasteiger partial charge in [0.25, 0.3) is 5.91 Å². The van der Waals surface area contributed by atoms with Crippen LogP contribution < -0.4 is 5.32 Å². The Labute approximate surface area is 148 Å². The van der Waals surface area contributed by atoms with Crippen LogP contribution in [0.3, 0.4) is 0 Å². The molecule has 9 heteroatoms. The Kier molecular flexibility index (Phi) is 6.51. The second kappa shape index (κ2) is 8.61. The van der Waals surface area contributed by atoms with Gasteiger partial charge in [0.05, 0.1) is 23.2 Å². The molecule has 0 radical (unpaired) electrons. The first-order chi connectivity index (χ1) is 11.9. The number of carbonyl (C=O) groups is 2. The summed E-state index contributed by atoms with van der Waals surface area (Å²) >= 11 is 1.27. The summed E-state index contributed by atoms with van der Waals surface area (Å²) in [5, 5.41) is 8.82. The summed E-state index contributed by atoms with van der Waals surface area (Å²) in [4.78, 5) is 25.4. The molecule has 2 N–H and O–H groups in total. The topological polar surface area (TPSA) is 78.1 Å². The fourth-order valence-electron chi connectivity index (χ4n) is 2.14. The molecule has 2 amide bonds. The van der Waals surface area contributed by atoms with Crippen molar-refractivity contribution < 1.29 is 18.4 Å². The fraction of sp³-hybridized carbons (Fsp3) is 0.312. The molecule has 1 heterocycles. The van der Waals surface area contributed by atoms with Gasteiger partial charge in [-0.1, -0.05) is 0 Å². The minimum atomic E-state index is -0.972. The first kappa shape index (κ1) is 18.9. The summed E-state index contributed by atoms with van der Waals surface area (Å²) in [7, 11) is 1.52. The lowest BCUT2D eigenvalue weighted by Gasteiger charge is -2.18. The number of carbonyl (C=O) groups excluding carboxylic acids is 2. The zero-order valence-electron chi connectivity index (χ0n) is 13.8. The molecule has 2 rings (SSSR count). The lowest BCUT2D eigenvalue weighted by atomic mass is 10.1. The number of nitrogens with one attached hydrogen (secondary N) is 2. The van der Waals surface area contributed by atoms with Crippen LogP contribution in [0.2, 0.25) is 0 Å². The Balaban J connectivity index is 2.13. The second-order valence-electron chi connectivity index (χ2n) is 5.38. The Hall–Kier alpha value is -2.42. The van der Waals surface area contributed by atoms with E-state index in [1.54, 1.807) is 18.6 Å². The third-order valence-corrected chi connectivity index (χ3v) is 4.02. The highest BCUT2D eigenvalue weighted by molar-refractivity contribution is 7.99. The lowest BCUT2D eigenvalue weighted by molar-refractivity contribution is -0.113. The molecule has 0 fully saturated rings. The largest absolute Gasteiger partial charge is 0.341 e. The van der Waals surface area contributed by atoms with Crippen LogP contribution in [0.5, 0.6) is 0 Å². The normalized spacial score (nSPS) is 10.6. The van der Waals surface area contributed by atoms with Gasteiger partial charge in [-0.15, -0.1) is 0 Å². The highest BCUT2D eigenvalue weighted by atomic mass is 32.2. The van der Waals surface area contributed by atoms with Crippen molar-refractivity contribution >= 4 is 29.3 Å². The van der Waals surface area contributed by atoms with Crippen LogP contribution in [0, 0.1) is 11.6 Å². The van der Waals surface area contributed by atoms with Crippen molar-refractivity contribution in [1.82, 2.24) is 15.1 Å². The van der Waals surface area contributed by atoms with Gasteiger partial charge in [0.2, 0.25) is 5.91 Å². The summed E-state index contributed by atoms with van der Waals surface area (Å²) < 4.78 is 27.9. The highest BCUT2D eigenvalue weighted by Gasteiger charge is 2.20. The van der Waals surface area contributed by atoms with Gasteiger partial charge in [-0.05, 0) is 24.3 Å². The molecule has 0 aliphatic rings. The van der Waals surface area contributed by atoms with Gasteiger partial charge in [-0.2, -0.15) is 16.9 Å². The number of rotatable bonds is 7. The van der Waals surface area contributed by atoms with Crippen molar-refractivity contribution in [1.29, 1.82) is 0 Å². The molecule has 0 unspecified atom stereocenters. The number of nitrogens with zero attached hydrogens (tertiary/aromatic N) is 2. The van der Waals surface area contributed by atoms with Gasteiger partial charge in [-0.25, -0.2) is 8.78 Å². The summed E-state index contributed by atoms with van der Waals surface area (Å²) in [6, 6.07) is 1.63. The number of amides is 2. The molecule has 25 heavy (non-hydrogen) atoms. The molecule has 0 saturated carbocycles. The third-order valence-electron chi connectivity index (χ3n) is 3.47. The molecular formula is C16H18F2N4O2S. The van der Waals surface area contributed by atoms with E-state index in [-0.39, 0.29) is 17.0 Å². The van der Waals surface area contributed by atoms with Crippen LogP contribution in [-0.2, 0) is 11.2 Å². The number of halogens is 2. The van der Waals surface area contributed by atoms with Gasteiger partial charge in [-0.3, -0.25) is 14.7 Å². The van der Waals surface area contributed by atoms with Crippen molar-refractivity contribution in [3.8, 4) is 0 Å². The molecule has 134 valence electrons. The van der Waals surface area contributed by atoms with Crippen LogP contribution >= 0.6 is 11.8 Å². The van der Waals surface area contributed by atoms with Crippen LogP contribution in [0.25, 0.3) is 0 Å². The molecular weight excluding hydrogens is 350 g/mol. The number of thioether (sulfide) groups is 1. The monoisotopic (exact) mass is 368 g/mol. The van der Waals surface area contributed by atoms with E-state index >= 15 is 0 Å². The van der Waals surface area contributed by atoms with E-state index in [2.05, 4.69) is 15.5 Å². The summed E-state index contributed by atoms with van der Waals surface area (Å²) in [6.07, 6.45) is 5.61. The van der Waals surface area contributed by atoms with Crippen LogP contribution in [0.15, 0.2) is 24.5 Å². The van der Waals surface area contributed by atoms with Gasteiger partial charge < -0.3 is 10.2 Å². The molecule has 0 atom stereocenters. The van der Waals surface area contributed by atoms with E-state index in [9.17, 15) is 18.4 Å². The molecule has 0 bridgehead atoms. The molecule has 1 aromatic heterocycles. The predicted octanol–water partition coefficient (Wildman–Crippen LogP) is 2.30. The number of aromatic amines is 1. The van der Waals surface area contributed by atoms with Gasteiger partial charge in [0, 0.05) is 25.9 Å². The maximum absolute atomic E-state index is 14.0. The number of hydrogen-bond donors (Lipinski definition) is 2. The van der Waals surface area contributed by atoms with Crippen molar-refractivity contribution in [3.05, 3.63) is 47.3 Å². The first-order valence-electron chi connectivity index (χ1n) is 7.43. The molecule has 0 aliphatic heterocycles. The number of anilines is 1. The van der Waals surface area contributed by atoms with E-state index in [4.69, 9.17) is 0 Å². The summed E-state index contributed by atoms with van der Waals surface area (Å²) in [5.41, 5.74) is 0.395. The van der Waals surface area contributed by atoms with Crippen LogP contribution in [0.1, 0.15) is 15.9 Å². The summed E-state index contributed by atoms with van der Waals surface area (Å²) in [6.45, 7) is 0.337. The number of hydrogen-bond acceptors (Lipinski definition) is 4. The maximum atomic E-state index is 14.0. The minimum absolute atomic E-state index is 0.130. The van der Waals surface area contributed by atoms with Crippen molar-refractivity contribution in [2.24, 2.45) is 0 Å². The lowest BCUT2D eigenvalue weighted by Crippen LogP contribution is -2.30. The highest BCUT2D eigenvalue weighted by Crippen LogP contribution is 2.21. The number of likely N-dealkylation sites (N-methyl/N-ethyl adjacent to an activating group) is 1. The third kappa shape index (κ3) is 5.02. The summed E-state index contributed by atoms with van der Waals surface area (Å²) in [5.74, 6) is -2.79. The predicted molar refractivity (Wildman–Crippen MR) is 92.6 cm³/mol. The minimum Gasteiger partial charge on any atom is -0.341 e. The Morgan fingerprint density at radius 2 is 2.08 bits per heavy atom. The number of H-pyrrole nitrogens is 1. The van der Waals surface area contributed by atoms with E-state index in [1.807, 2.05) is 0 Å². The Morgan fingerprint density at radius 1 is 1.32 bits per heavy atom. The number of benzene rings is 1. The standard InChI is InChI=1S/C16H18F2N4O2S/c1-22(4-3-10-7-19-20-8-10)16(24)11-5-14(13(18)6-12(11)17)21-15(23)9-25-2/h5-8H,3-4,9H2,1-2H3,(H,19,20)(H,21,23). The van der Waals surface area contributed by atoms with Gasteiger partial charge in [0.1, 0.15) is 11.6 Å². The molecule has 6 nitrogen and oxygen atoms in total. The van der Waals surface area contributed by atoms with Crippen LogP contribution in [0.4, 0.5) is 14.5 Å². The number of aromatic nitrogens is 2. The first-order valence-corrected chi connectivity index (χ1v) is 8.82. The molecule has 0 aliphatic carbocycles. The zero-order valence-corrected chi connectivity index (χ0v) is 14.6. The molecule has 2 aromatic rings. The molecule has 0 spiro atoms. The smallest absolute Gasteiger partial charge is 0.256 e. The fourth-order valence-corrected chi connectivity index (χ4v) is 2.48. The molecule has 0 saturated heterocycles. The molecule has 1 aromatic carbocycles. The van der Waals surface area contributed by atoms with E-state index in [0.29, 0.717) is 19.0 Å². The maximum Gasteiger partial charge on any atom is 0.256 e. The zero-order chi connectivity index (χ0) is 18.4. The second-order valence-corrected chi connectivity index (χ2v) is 6.24. The van der Waals surface area contributed by atoms with Gasteiger partial charge >= 0.3 is 0 Å². The van der Waals surface area contributed by atoms with Gasteiger partial charge in [0.15, 0.2) is 0 Å². The Bertz CT molecular complexity index is 753. The van der Waals surface area contributed by atoms with Crippen molar-refractivity contribution in [3.63, 3.8) is 0 Å². The van der Waals surface area contributed by atoms with Crippen molar-refractivity contribution in [2.75, 3.05) is 30.9 Å². The van der Waals surface area contributed by atoms with E-state index in [0.717, 1.165) is 11.6 Å². The SMILES string of the molecule is CSCC(=O)Nc1cc(C(=O)N(C)CCc2cn[nH]c2)c(F)cc1F. The average Bonchev–Trinajstić information content (AvgIpc) is 3.08.